The lowest BCUT2D eigenvalue weighted by Crippen LogP contribution is -1.81. The Balaban J connectivity index is 2.55. The van der Waals surface area contributed by atoms with Crippen molar-refractivity contribution in [2.45, 2.75) is 20.8 Å². The molecule has 3 aromatic rings. The van der Waals surface area contributed by atoms with Crippen molar-refractivity contribution in [2.24, 2.45) is 0 Å². The maximum atomic E-state index is 2.31. The third-order valence-electron chi connectivity index (χ3n) is 3.30. The first kappa shape index (κ1) is 10.7. The van der Waals surface area contributed by atoms with Crippen LogP contribution in [0, 0.1) is 20.8 Å². The molecule has 0 aliphatic rings. The molecule has 0 saturated carbocycles. The van der Waals surface area contributed by atoms with Crippen molar-refractivity contribution in [3.05, 3.63) is 52.8 Å². The van der Waals surface area contributed by atoms with Crippen LogP contribution in [0.5, 0.6) is 0 Å². The van der Waals surface area contributed by atoms with Crippen LogP contribution in [-0.4, -0.2) is 0 Å². The van der Waals surface area contributed by atoms with E-state index in [4.69, 9.17) is 0 Å². The van der Waals surface area contributed by atoms with E-state index < -0.39 is 0 Å². The Morgan fingerprint density at radius 2 is 1.35 bits per heavy atom. The van der Waals surface area contributed by atoms with E-state index in [9.17, 15) is 0 Å². The number of benzene rings is 2. The molecule has 0 nitrogen and oxygen atoms in total. The molecule has 3 rings (SSSR count). The van der Waals surface area contributed by atoms with Crippen molar-refractivity contribution in [1.29, 1.82) is 0 Å². The third-order valence-corrected chi connectivity index (χ3v) is 4.48. The Bertz CT molecular complexity index is 726. The number of aryl methyl sites for hydroxylation is 3. The van der Waals surface area contributed by atoms with Gasteiger partial charge in [0, 0.05) is 5.12 Å². The van der Waals surface area contributed by atoms with E-state index >= 15 is 0 Å². The van der Waals surface area contributed by atoms with Gasteiger partial charge in [0.1, 0.15) is 0 Å². The number of hydrogen-bond donors (Lipinski definition) is 0. The molecule has 0 bridgehead atoms. The highest BCUT2D eigenvalue weighted by Crippen LogP contribution is 2.36. The summed E-state index contributed by atoms with van der Waals surface area (Å²) in [4.78, 5) is 0. The smallest absolute Gasteiger partial charge is 0.0102 e. The highest BCUT2D eigenvalue weighted by molar-refractivity contribution is 7.38. The van der Waals surface area contributed by atoms with E-state index in [0.717, 1.165) is 0 Å². The summed E-state index contributed by atoms with van der Waals surface area (Å²) in [5.41, 5.74) is 2.69. The lowest BCUT2D eigenvalue weighted by molar-refractivity contribution is 1.50. The largest absolute Gasteiger partial charge is 0.0639 e. The molecule has 0 spiro atoms. The molecule has 0 aliphatic carbocycles. The Hall–Kier alpha value is -1.39. The highest BCUT2D eigenvalue weighted by atomic mass is 31.0. The molecule has 0 fully saturated rings. The Labute approximate surface area is 103 Å². The SMILES string of the molecule is Cc1ccc2c(c1)pc(C)c1cc(C)ccc12. The maximum absolute atomic E-state index is 2.31. The molecule has 1 heteroatoms. The summed E-state index contributed by atoms with van der Waals surface area (Å²) >= 11 is 0. The van der Waals surface area contributed by atoms with Gasteiger partial charge in [-0.05, 0) is 48.3 Å². The van der Waals surface area contributed by atoms with Gasteiger partial charge in [0.05, 0.1) is 0 Å². The quantitative estimate of drug-likeness (QED) is 0.454. The topological polar surface area (TPSA) is 0 Å². The summed E-state index contributed by atoms with van der Waals surface area (Å²) < 4.78 is 0. The molecule has 0 radical (unpaired) electrons. The zero-order valence-electron chi connectivity index (χ0n) is 10.4. The normalized spacial score (nSPS) is 11.7. The van der Waals surface area contributed by atoms with Crippen LogP contribution in [0.15, 0.2) is 36.4 Å². The predicted octanol–water partition coefficient (Wildman–Crippen LogP) is 5.50. The fourth-order valence-electron chi connectivity index (χ4n) is 2.40. The van der Waals surface area contributed by atoms with Gasteiger partial charge < -0.3 is 0 Å². The average Bonchev–Trinajstić information content (AvgIpc) is 2.29. The van der Waals surface area contributed by atoms with Gasteiger partial charge in [0.15, 0.2) is 0 Å². The first-order valence-electron chi connectivity index (χ1n) is 5.92. The fourth-order valence-corrected chi connectivity index (χ4v) is 3.65. The van der Waals surface area contributed by atoms with Gasteiger partial charge in [0.25, 0.3) is 0 Å². The predicted molar refractivity (Wildman–Crippen MR) is 78.2 cm³/mol. The zero-order valence-corrected chi connectivity index (χ0v) is 11.3. The number of fused-ring (bicyclic) bond motifs is 3. The Morgan fingerprint density at radius 1 is 0.706 bits per heavy atom. The third kappa shape index (κ3) is 1.73. The van der Waals surface area contributed by atoms with Crippen molar-refractivity contribution in [1.82, 2.24) is 0 Å². The second kappa shape index (κ2) is 3.82. The van der Waals surface area contributed by atoms with Crippen molar-refractivity contribution < 1.29 is 0 Å². The molecule has 0 unspecified atom stereocenters. The average molecular weight is 238 g/mol. The molecule has 0 N–H and O–H groups in total. The van der Waals surface area contributed by atoms with E-state index in [1.165, 1.54) is 45.9 Å². The van der Waals surface area contributed by atoms with Crippen LogP contribution in [0.3, 0.4) is 0 Å². The molecular weight excluding hydrogens is 223 g/mol. The van der Waals surface area contributed by atoms with Crippen molar-refractivity contribution >= 4 is 29.5 Å². The number of hydrogen-bond acceptors (Lipinski definition) is 0. The maximum Gasteiger partial charge on any atom is 0.0102 e. The van der Waals surface area contributed by atoms with E-state index in [1.807, 2.05) is 0 Å². The van der Waals surface area contributed by atoms with Crippen LogP contribution in [0.4, 0.5) is 0 Å². The molecule has 17 heavy (non-hydrogen) atoms. The summed E-state index contributed by atoms with van der Waals surface area (Å²) in [5, 5.41) is 7.11. The molecule has 84 valence electrons. The van der Waals surface area contributed by atoms with Crippen molar-refractivity contribution in [3.63, 3.8) is 0 Å². The summed E-state index contributed by atoms with van der Waals surface area (Å²) in [6.45, 7) is 6.57. The molecule has 0 atom stereocenters. The first-order chi connectivity index (χ1) is 8.15. The van der Waals surface area contributed by atoms with E-state index in [2.05, 4.69) is 57.2 Å². The van der Waals surface area contributed by atoms with Crippen molar-refractivity contribution in [2.75, 3.05) is 0 Å². The van der Waals surface area contributed by atoms with Crippen molar-refractivity contribution in [3.8, 4) is 0 Å². The summed E-state index contributed by atoms with van der Waals surface area (Å²) in [5.74, 6) is 0. The molecular formula is C16H15P. The van der Waals surface area contributed by atoms with E-state index in [-0.39, 0.29) is 0 Å². The van der Waals surface area contributed by atoms with Gasteiger partial charge in [-0.15, -0.1) is 0 Å². The molecule has 0 aliphatic heterocycles. The summed E-state index contributed by atoms with van der Waals surface area (Å²) in [6, 6.07) is 13.6. The molecule has 1 aromatic heterocycles. The Kier molecular flexibility index (Phi) is 2.42. The van der Waals surface area contributed by atoms with Crippen LogP contribution in [0.25, 0.3) is 21.3 Å². The molecule has 0 amide bonds. The van der Waals surface area contributed by atoms with Gasteiger partial charge >= 0.3 is 0 Å². The standard InChI is InChI=1S/C16H15P/c1-10-4-6-13-14-7-5-11(2)9-16(14)17-12(3)15(13)8-10/h4-9H,1-3H3. The first-order valence-corrected chi connectivity index (χ1v) is 6.82. The summed E-state index contributed by atoms with van der Waals surface area (Å²) in [6.07, 6.45) is 0. The second-order valence-electron chi connectivity index (χ2n) is 4.77. The second-order valence-corrected chi connectivity index (χ2v) is 6.14. The van der Waals surface area contributed by atoms with Gasteiger partial charge in [-0.3, -0.25) is 0 Å². The highest BCUT2D eigenvalue weighted by Gasteiger charge is 2.04. The van der Waals surface area contributed by atoms with Gasteiger partial charge in [0.2, 0.25) is 0 Å². The van der Waals surface area contributed by atoms with Crippen LogP contribution < -0.4 is 0 Å². The van der Waals surface area contributed by atoms with Crippen LogP contribution in [-0.2, 0) is 0 Å². The van der Waals surface area contributed by atoms with Gasteiger partial charge in [-0.1, -0.05) is 49.7 Å². The number of rotatable bonds is 0. The van der Waals surface area contributed by atoms with Gasteiger partial charge in [-0.25, -0.2) is 0 Å². The lowest BCUT2D eigenvalue weighted by atomic mass is 10.0. The molecule has 2 aromatic carbocycles. The van der Waals surface area contributed by atoms with Crippen LogP contribution in [0.1, 0.15) is 16.4 Å². The van der Waals surface area contributed by atoms with E-state index in [1.54, 1.807) is 0 Å². The lowest BCUT2D eigenvalue weighted by Gasteiger charge is -2.08. The Morgan fingerprint density at radius 3 is 2.12 bits per heavy atom. The minimum absolute atomic E-state index is 1.34. The van der Waals surface area contributed by atoms with Gasteiger partial charge in [-0.2, -0.15) is 0 Å². The summed E-state index contributed by atoms with van der Waals surface area (Å²) in [7, 11) is 1.36. The van der Waals surface area contributed by atoms with Crippen LogP contribution >= 0.6 is 8.19 Å². The monoisotopic (exact) mass is 238 g/mol. The van der Waals surface area contributed by atoms with Crippen LogP contribution in [0.2, 0.25) is 0 Å². The fraction of sp³-hybridized carbons (Fsp3) is 0.188. The minimum Gasteiger partial charge on any atom is -0.0639 e. The molecule has 0 saturated heterocycles. The zero-order chi connectivity index (χ0) is 12.0. The minimum atomic E-state index is 1.34. The van der Waals surface area contributed by atoms with E-state index in [0.29, 0.717) is 0 Å². The molecule has 1 heterocycles.